The van der Waals surface area contributed by atoms with Crippen LogP contribution in [0.5, 0.6) is 11.5 Å². The van der Waals surface area contributed by atoms with Crippen molar-refractivity contribution in [3.63, 3.8) is 0 Å². The topological polar surface area (TPSA) is 117 Å². The quantitative estimate of drug-likeness (QED) is 0.241. The molecule has 0 aliphatic heterocycles. The number of aliphatic imine (C=N–C) groups is 2. The summed E-state index contributed by atoms with van der Waals surface area (Å²) in [6.07, 6.45) is 0. The molecule has 33 heavy (non-hydrogen) atoms. The molecule has 6 N–H and O–H groups in total. The van der Waals surface area contributed by atoms with Crippen LogP contribution in [0.4, 0.5) is 11.4 Å². The van der Waals surface area contributed by atoms with Crippen LogP contribution in [0.15, 0.2) is 107 Å². The van der Waals surface area contributed by atoms with Crippen LogP contribution < -0.4 is 11.5 Å². The first-order valence-corrected chi connectivity index (χ1v) is 9.97. The van der Waals surface area contributed by atoms with Gasteiger partial charge in [0.15, 0.2) is 0 Å². The summed E-state index contributed by atoms with van der Waals surface area (Å²) in [5, 5.41) is 21.0. The normalized spacial score (nSPS) is 11.6. The molecular weight excluding hydrogens is 436 g/mol. The largest absolute Gasteiger partial charge is 0.507 e. The highest BCUT2D eigenvalue weighted by Crippen LogP contribution is 2.36. The summed E-state index contributed by atoms with van der Waals surface area (Å²) in [5.74, 6) is 0.566. The van der Waals surface area contributed by atoms with Gasteiger partial charge >= 0.3 is 0 Å². The molecule has 0 aliphatic rings. The van der Waals surface area contributed by atoms with Crippen LogP contribution in [0.1, 0.15) is 11.1 Å². The Balaban J connectivity index is 0.00000306. The predicted octanol–water partition coefficient (Wildman–Crippen LogP) is 5.26. The molecule has 0 spiro atoms. The van der Waals surface area contributed by atoms with Gasteiger partial charge in [-0.25, -0.2) is 9.98 Å². The number of nitrogens with two attached hydrogens (primary N) is 2. The lowest BCUT2D eigenvalue weighted by Gasteiger charge is -2.12. The van der Waals surface area contributed by atoms with Crippen molar-refractivity contribution in [2.45, 2.75) is 0 Å². The summed E-state index contributed by atoms with van der Waals surface area (Å²) in [7, 11) is 0. The summed E-state index contributed by atoms with van der Waals surface area (Å²) < 4.78 is 0. The van der Waals surface area contributed by atoms with Crippen LogP contribution in [0.25, 0.3) is 11.1 Å². The van der Waals surface area contributed by atoms with E-state index in [9.17, 15) is 10.2 Å². The maximum absolute atomic E-state index is 10.5. The lowest BCUT2D eigenvalue weighted by atomic mass is 9.98. The lowest BCUT2D eigenvalue weighted by Crippen LogP contribution is -2.13. The molecule has 0 saturated carbocycles. The summed E-state index contributed by atoms with van der Waals surface area (Å²) in [5.41, 5.74) is 15.8. The number of phenolic OH excluding ortho intramolecular Hbond substituents is 2. The number of benzene rings is 4. The van der Waals surface area contributed by atoms with Crippen molar-refractivity contribution in [2.24, 2.45) is 21.5 Å². The zero-order chi connectivity index (χ0) is 22.5. The third-order valence-electron chi connectivity index (χ3n) is 4.89. The molecule has 0 bridgehead atoms. The molecule has 166 valence electrons. The predicted molar refractivity (Wildman–Crippen MR) is 136 cm³/mol. The van der Waals surface area contributed by atoms with Gasteiger partial charge in [0.1, 0.15) is 23.2 Å². The van der Waals surface area contributed by atoms with Crippen molar-refractivity contribution in [1.82, 2.24) is 0 Å². The molecule has 0 radical (unpaired) electrons. The van der Waals surface area contributed by atoms with Crippen molar-refractivity contribution in [3.05, 3.63) is 108 Å². The van der Waals surface area contributed by atoms with E-state index in [0.717, 1.165) is 11.4 Å². The van der Waals surface area contributed by atoms with E-state index in [1.54, 1.807) is 24.3 Å². The average Bonchev–Trinajstić information content (AvgIpc) is 2.81. The highest BCUT2D eigenvalue weighted by atomic mass is 35.5. The van der Waals surface area contributed by atoms with E-state index in [1.807, 2.05) is 60.7 Å². The molecule has 4 aromatic rings. The number of amidine groups is 2. The summed E-state index contributed by atoms with van der Waals surface area (Å²) in [4.78, 5) is 8.84. The number of rotatable bonds is 5. The van der Waals surface area contributed by atoms with Crippen molar-refractivity contribution >= 4 is 35.5 Å². The van der Waals surface area contributed by atoms with Gasteiger partial charge in [-0.05, 0) is 60.7 Å². The Morgan fingerprint density at radius 2 is 0.909 bits per heavy atom. The smallest absolute Gasteiger partial charge is 0.131 e. The highest BCUT2D eigenvalue weighted by molar-refractivity contribution is 6.02. The molecule has 0 amide bonds. The summed E-state index contributed by atoms with van der Waals surface area (Å²) in [6, 6.07) is 28.4. The van der Waals surface area contributed by atoms with Crippen LogP contribution in [0, 0.1) is 0 Å². The number of hydrogen-bond acceptors (Lipinski definition) is 4. The van der Waals surface area contributed by atoms with Gasteiger partial charge in [-0.1, -0.05) is 36.4 Å². The lowest BCUT2D eigenvalue weighted by molar-refractivity contribution is 0.469. The standard InChI is InChI=1S/C26H22N4O2.ClH/c27-25(29-19-7-3-1-4-8-19)17-11-13-23(31)21(15-17)22-16-18(12-14-24(22)32)26(28)30-20-9-5-2-6-10-20;/h1-16,31-32H,(H2,27,29)(H2,28,30);1H. The van der Waals surface area contributed by atoms with E-state index < -0.39 is 0 Å². The summed E-state index contributed by atoms with van der Waals surface area (Å²) in [6.45, 7) is 0. The maximum Gasteiger partial charge on any atom is 0.131 e. The number of phenols is 2. The first-order valence-electron chi connectivity index (χ1n) is 9.97. The van der Waals surface area contributed by atoms with Gasteiger partial charge in [-0.15, -0.1) is 12.4 Å². The molecule has 6 nitrogen and oxygen atoms in total. The zero-order valence-electron chi connectivity index (χ0n) is 17.6. The Kier molecular flexibility index (Phi) is 7.33. The Morgan fingerprint density at radius 3 is 1.27 bits per heavy atom. The van der Waals surface area contributed by atoms with E-state index in [2.05, 4.69) is 9.98 Å². The SMILES string of the molecule is Cl.NC(=Nc1ccccc1)c1ccc(O)c(-c2cc(C(N)=Nc3ccccc3)ccc2O)c1. The van der Waals surface area contributed by atoms with Gasteiger partial charge in [0.05, 0.1) is 11.4 Å². The molecule has 0 aliphatic carbocycles. The monoisotopic (exact) mass is 458 g/mol. The van der Waals surface area contributed by atoms with E-state index in [-0.39, 0.29) is 23.9 Å². The minimum atomic E-state index is -0.00715. The second-order valence-corrected chi connectivity index (χ2v) is 7.13. The molecule has 4 aromatic carbocycles. The fraction of sp³-hybridized carbons (Fsp3) is 0. The van der Waals surface area contributed by atoms with Crippen LogP contribution in [0.2, 0.25) is 0 Å². The van der Waals surface area contributed by atoms with Gasteiger partial charge < -0.3 is 21.7 Å². The third-order valence-corrected chi connectivity index (χ3v) is 4.89. The van der Waals surface area contributed by atoms with E-state index in [0.29, 0.717) is 33.9 Å². The molecule has 0 heterocycles. The minimum absolute atomic E-state index is 0. The summed E-state index contributed by atoms with van der Waals surface area (Å²) >= 11 is 0. The van der Waals surface area contributed by atoms with Gasteiger partial charge in [0.25, 0.3) is 0 Å². The van der Waals surface area contributed by atoms with E-state index in [4.69, 9.17) is 11.5 Å². The Hall–Kier alpha value is -4.29. The van der Waals surface area contributed by atoms with Gasteiger partial charge in [-0.2, -0.15) is 0 Å². The minimum Gasteiger partial charge on any atom is -0.507 e. The first-order chi connectivity index (χ1) is 15.5. The van der Waals surface area contributed by atoms with Crippen molar-refractivity contribution in [1.29, 1.82) is 0 Å². The molecule has 0 aromatic heterocycles. The molecule has 0 unspecified atom stereocenters. The van der Waals surface area contributed by atoms with Crippen LogP contribution >= 0.6 is 12.4 Å². The van der Waals surface area contributed by atoms with Gasteiger partial charge in [-0.3, -0.25) is 0 Å². The van der Waals surface area contributed by atoms with Crippen LogP contribution in [-0.4, -0.2) is 21.9 Å². The van der Waals surface area contributed by atoms with Gasteiger partial charge in [0, 0.05) is 22.3 Å². The second-order valence-electron chi connectivity index (χ2n) is 7.13. The van der Waals surface area contributed by atoms with Crippen molar-refractivity contribution in [3.8, 4) is 22.6 Å². The third kappa shape index (κ3) is 5.50. The highest BCUT2D eigenvalue weighted by Gasteiger charge is 2.14. The number of aromatic hydroxyl groups is 2. The van der Waals surface area contributed by atoms with Gasteiger partial charge in [0.2, 0.25) is 0 Å². The van der Waals surface area contributed by atoms with Crippen LogP contribution in [-0.2, 0) is 0 Å². The molecule has 0 fully saturated rings. The number of para-hydroxylation sites is 2. The average molecular weight is 459 g/mol. The molecule has 0 saturated heterocycles. The van der Waals surface area contributed by atoms with Crippen LogP contribution in [0.3, 0.4) is 0 Å². The molecular formula is C26H23ClN4O2. The maximum atomic E-state index is 10.5. The van der Waals surface area contributed by atoms with Crippen molar-refractivity contribution in [2.75, 3.05) is 0 Å². The fourth-order valence-corrected chi connectivity index (χ4v) is 3.23. The zero-order valence-corrected chi connectivity index (χ0v) is 18.4. The molecule has 7 heteroatoms. The fourth-order valence-electron chi connectivity index (χ4n) is 3.23. The Bertz CT molecular complexity index is 1200. The molecule has 4 rings (SSSR count). The Labute approximate surface area is 198 Å². The Morgan fingerprint density at radius 1 is 0.545 bits per heavy atom. The molecule has 0 atom stereocenters. The van der Waals surface area contributed by atoms with Crippen molar-refractivity contribution < 1.29 is 10.2 Å². The number of nitrogens with zero attached hydrogens (tertiary/aromatic N) is 2. The first kappa shape index (κ1) is 23.4. The number of hydrogen-bond donors (Lipinski definition) is 4. The number of halogens is 1. The van der Waals surface area contributed by atoms with E-state index in [1.165, 1.54) is 12.1 Å². The van der Waals surface area contributed by atoms with E-state index >= 15 is 0 Å². The second kappa shape index (κ2) is 10.3.